The van der Waals surface area contributed by atoms with Crippen LogP contribution in [0.5, 0.6) is 5.75 Å². The molecule has 19 heavy (non-hydrogen) atoms. The second-order valence-corrected chi connectivity index (χ2v) is 5.09. The molecule has 0 aliphatic rings. The van der Waals surface area contributed by atoms with Gasteiger partial charge in [-0.05, 0) is 37.4 Å². The van der Waals surface area contributed by atoms with Crippen molar-refractivity contribution in [2.24, 2.45) is 7.05 Å². The first-order chi connectivity index (χ1) is 9.10. The summed E-state index contributed by atoms with van der Waals surface area (Å²) >= 11 is 3.47. The van der Waals surface area contributed by atoms with Gasteiger partial charge in [-0.3, -0.25) is 0 Å². The van der Waals surface area contributed by atoms with Crippen LogP contribution in [0.2, 0.25) is 0 Å². The van der Waals surface area contributed by atoms with Crippen LogP contribution in [0.25, 0.3) is 0 Å². The normalized spacial score (nSPS) is 12.4. The maximum atomic E-state index is 5.78. The molecule has 0 saturated heterocycles. The molecule has 102 valence electrons. The number of hydrogen-bond donors (Lipinski definition) is 1. The molecule has 1 N–H and O–H groups in total. The van der Waals surface area contributed by atoms with Crippen molar-refractivity contribution >= 4 is 15.9 Å². The highest BCUT2D eigenvalue weighted by Crippen LogP contribution is 2.28. The highest BCUT2D eigenvalue weighted by Gasteiger charge is 2.12. The molecular formula is C12H16BrN5O. The van der Waals surface area contributed by atoms with E-state index in [4.69, 9.17) is 4.74 Å². The van der Waals surface area contributed by atoms with E-state index in [1.165, 1.54) is 4.80 Å². The number of nitrogens with zero attached hydrogens (tertiary/aromatic N) is 4. The summed E-state index contributed by atoms with van der Waals surface area (Å²) < 4.78 is 6.80. The first-order valence-electron chi connectivity index (χ1n) is 5.92. The number of rotatable bonds is 5. The van der Waals surface area contributed by atoms with Gasteiger partial charge in [-0.25, -0.2) is 0 Å². The third-order valence-corrected chi connectivity index (χ3v) is 3.27. The second kappa shape index (κ2) is 6.12. The number of tetrazole rings is 1. The summed E-state index contributed by atoms with van der Waals surface area (Å²) in [7, 11) is 3.64. The summed E-state index contributed by atoms with van der Waals surface area (Å²) in [6.07, 6.45) is 0. The van der Waals surface area contributed by atoms with Crippen LogP contribution in [0.15, 0.2) is 22.7 Å². The van der Waals surface area contributed by atoms with E-state index < -0.39 is 0 Å². The Morgan fingerprint density at radius 3 is 2.89 bits per heavy atom. The van der Waals surface area contributed by atoms with Gasteiger partial charge in [-0.1, -0.05) is 15.9 Å². The standard InChI is InChI=1S/C12H16BrN5O/c1-8(14-2)10-6-9(13)4-5-11(10)19-7-12-15-17-18(3)16-12/h4-6,8,14H,7H2,1-3H3. The minimum absolute atomic E-state index is 0.197. The van der Waals surface area contributed by atoms with E-state index in [0.717, 1.165) is 15.8 Å². The largest absolute Gasteiger partial charge is 0.485 e. The van der Waals surface area contributed by atoms with E-state index in [-0.39, 0.29) is 6.04 Å². The maximum absolute atomic E-state index is 5.78. The number of halogens is 1. The Labute approximate surface area is 120 Å². The van der Waals surface area contributed by atoms with Gasteiger partial charge >= 0.3 is 0 Å². The van der Waals surface area contributed by atoms with Crippen molar-refractivity contribution in [3.05, 3.63) is 34.1 Å². The molecule has 6 nitrogen and oxygen atoms in total. The molecule has 1 aromatic heterocycles. The zero-order valence-corrected chi connectivity index (χ0v) is 12.7. The quantitative estimate of drug-likeness (QED) is 0.908. The van der Waals surface area contributed by atoms with Gasteiger partial charge in [0, 0.05) is 16.1 Å². The molecule has 0 radical (unpaired) electrons. The van der Waals surface area contributed by atoms with Crippen LogP contribution in [0.1, 0.15) is 24.4 Å². The number of hydrogen-bond acceptors (Lipinski definition) is 5. The summed E-state index contributed by atoms with van der Waals surface area (Å²) in [4.78, 5) is 1.41. The number of aromatic nitrogens is 4. The predicted octanol–water partition coefficient (Wildman–Crippen LogP) is 1.83. The molecule has 0 fully saturated rings. The average Bonchev–Trinajstić information content (AvgIpc) is 2.82. The summed E-state index contributed by atoms with van der Waals surface area (Å²) in [5.41, 5.74) is 1.08. The highest BCUT2D eigenvalue weighted by molar-refractivity contribution is 9.10. The first-order valence-corrected chi connectivity index (χ1v) is 6.72. The number of ether oxygens (including phenoxy) is 1. The van der Waals surface area contributed by atoms with E-state index >= 15 is 0 Å². The van der Waals surface area contributed by atoms with E-state index in [1.807, 2.05) is 25.2 Å². The van der Waals surface area contributed by atoms with Gasteiger partial charge in [0.05, 0.1) is 7.05 Å². The molecule has 2 rings (SSSR count). The van der Waals surface area contributed by atoms with Gasteiger partial charge in [0.15, 0.2) is 6.61 Å². The summed E-state index contributed by atoms with van der Waals surface area (Å²) in [5, 5.41) is 15.0. The lowest BCUT2D eigenvalue weighted by atomic mass is 10.1. The van der Waals surface area contributed by atoms with Crippen molar-refractivity contribution in [1.29, 1.82) is 0 Å². The van der Waals surface area contributed by atoms with Crippen molar-refractivity contribution in [3.63, 3.8) is 0 Å². The minimum atomic E-state index is 0.197. The number of benzene rings is 1. The van der Waals surface area contributed by atoms with Gasteiger partial charge in [0.1, 0.15) is 5.75 Å². The van der Waals surface area contributed by atoms with Gasteiger partial charge in [-0.15, -0.1) is 10.2 Å². The smallest absolute Gasteiger partial charge is 0.212 e. The van der Waals surface area contributed by atoms with Crippen LogP contribution in [0.3, 0.4) is 0 Å². The van der Waals surface area contributed by atoms with Crippen molar-refractivity contribution in [1.82, 2.24) is 25.5 Å². The maximum Gasteiger partial charge on any atom is 0.212 e. The third kappa shape index (κ3) is 3.51. The fourth-order valence-electron chi connectivity index (χ4n) is 1.67. The van der Waals surface area contributed by atoms with Crippen LogP contribution < -0.4 is 10.1 Å². The fourth-order valence-corrected chi connectivity index (χ4v) is 2.05. The third-order valence-electron chi connectivity index (χ3n) is 2.78. The number of nitrogens with one attached hydrogen (secondary N) is 1. The lowest BCUT2D eigenvalue weighted by Gasteiger charge is -2.16. The Hall–Kier alpha value is -1.47. The Bertz CT molecular complexity index is 557. The van der Waals surface area contributed by atoms with Crippen LogP contribution in [-0.2, 0) is 13.7 Å². The number of aryl methyl sites for hydroxylation is 1. The molecule has 1 aromatic carbocycles. The molecular weight excluding hydrogens is 310 g/mol. The monoisotopic (exact) mass is 325 g/mol. The van der Waals surface area contributed by atoms with E-state index in [0.29, 0.717) is 12.4 Å². The molecule has 1 unspecified atom stereocenters. The van der Waals surface area contributed by atoms with Crippen molar-refractivity contribution in [2.75, 3.05) is 7.05 Å². The fraction of sp³-hybridized carbons (Fsp3) is 0.417. The molecule has 0 saturated carbocycles. The van der Waals surface area contributed by atoms with Gasteiger partial charge in [-0.2, -0.15) is 4.80 Å². The van der Waals surface area contributed by atoms with Crippen molar-refractivity contribution < 1.29 is 4.74 Å². The zero-order valence-electron chi connectivity index (χ0n) is 11.1. The van der Waals surface area contributed by atoms with Gasteiger partial charge in [0.25, 0.3) is 0 Å². The summed E-state index contributed by atoms with van der Waals surface area (Å²) in [6, 6.07) is 6.12. The van der Waals surface area contributed by atoms with Crippen molar-refractivity contribution in [3.8, 4) is 5.75 Å². The summed E-state index contributed by atoms with van der Waals surface area (Å²) in [6.45, 7) is 2.38. The average molecular weight is 326 g/mol. The first kappa shape index (κ1) is 14.0. The molecule has 1 atom stereocenters. The van der Waals surface area contributed by atoms with Gasteiger partial charge < -0.3 is 10.1 Å². The molecule has 7 heteroatoms. The van der Waals surface area contributed by atoms with Crippen LogP contribution >= 0.6 is 15.9 Å². The molecule has 1 heterocycles. The SMILES string of the molecule is CNC(C)c1cc(Br)ccc1OCc1nnn(C)n1. The molecule has 0 amide bonds. The topological polar surface area (TPSA) is 64.9 Å². The van der Waals surface area contributed by atoms with Crippen LogP contribution in [0, 0.1) is 0 Å². The van der Waals surface area contributed by atoms with E-state index in [9.17, 15) is 0 Å². The van der Waals surface area contributed by atoms with Crippen molar-refractivity contribution in [2.45, 2.75) is 19.6 Å². The second-order valence-electron chi connectivity index (χ2n) is 4.18. The Morgan fingerprint density at radius 1 is 1.47 bits per heavy atom. The molecule has 2 aromatic rings. The molecule has 0 aliphatic heterocycles. The lowest BCUT2D eigenvalue weighted by molar-refractivity contribution is 0.290. The predicted molar refractivity (Wildman–Crippen MR) is 74.7 cm³/mol. The minimum Gasteiger partial charge on any atom is -0.485 e. The van der Waals surface area contributed by atoms with Crippen LogP contribution in [-0.4, -0.2) is 27.3 Å². The zero-order chi connectivity index (χ0) is 13.8. The van der Waals surface area contributed by atoms with Gasteiger partial charge in [0.2, 0.25) is 5.82 Å². The Balaban J connectivity index is 2.15. The lowest BCUT2D eigenvalue weighted by Crippen LogP contribution is -2.14. The van der Waals surface area contributed by atoms with E-state index in [1.54, 1.807) is 7.05 Å². The van der Waals surface area contributed by atoms with Crippen LogP contribution in [0.4, 0.5) is 0 Å². The molecule has 0 bridgehead atoms. The molecule has 0 aliphatic carbocycles. The van der Waals surface area contributed by atoms with E-state index in [2.05, 4.69) is 43.6 Å². The summed E-state index contributed by atoms with van der Waals surface area (Å²) in [5.74, 6) is 1.38. The molecule has 0 spiro atoms. The Kier molecular flexibility index (Phi) is 4.49. The Morgan fingerprint density at radius 2 is 2.26 bits per heavy atom. The highest BCUT2D eigenvalue weighted by atomic mass is 79.9.